The topological polar surface area (TPSA) is 38.3 Å². The zero-order valence-corrected chi connectivity index (χ0v) is 8.60. The number of esters is 1. The highest BCUT2D eigenvalue weighted by Crippen LogP contribution is 2.02. The smallest absolute Gasteiger partial charge is 0.309 e. The van der Waals surface area contributed by atoms with Crippen molar-refractivity contribution in [1.29, 1.82) is 0 Å². The standard InChI is InChI=1S/C9H19NO2/c1-7(8(11)12-5)6-10-9(2,3)4/h7,10H,6H2,1-5H3/t7-/m0/s1. The number of carbonyl (C=O) groups excluding carboxylic acids is 1. The molecule has 0 aliphatic rings. The van der Waals surface area contributed by atoms with E-state index in [1.54, 1.807) is 0 Å². The Hall–Kier alpha value is -0.570. The Kier molecular flexibility index (Phi) is 4.24. The van der Waals surface area contributed by atoms with Gasteiger partial charge in [0.1, 0.15) is 0 Å². The van der Waals surface area contributed by atoms with Crippen LogP contribution in [0.3, 0.4) is 0 Å². The van der Waals surface area contributed by atoms with Gasteiger partial charge in [0.25, 0.3) is 0 Å². The lowest BCUT2D eigenvalue weighted by molar-refractivity contribution is -0.144. The van der Waals surface area contributed by atoms with E-state index in [0.717, 1.165) is 0 Å². The maximum Gasteiger partial charge on any atom is 0.309 e. The predicted molar refractivity (Wildman–Crippen MR) is 48.9 cm³/mol. The van der Waals surface area contributed by atoms with Crippen molar-refractivity contribution in [2.45, 2.75) is 33.2 Å². The molecule has 0 aromatic rings. The molecule has 0 saturated heterocycles. The molecule has 0 amide bonds. The van der Waals surface area contributed by atoms with Gasteiger partial charge in [-0.1, -0.05) is 6.92 Å². The molecule has 1 atom stereocenters. The van der Waals surface area contributed by atoms with E-state index in [2.05, 4.69) is 30.8 Å². The van der Waals surface area contributed by atoms with Crippen molar-refractivity contribution in [3.05, 3.63) is 0 Å². The van der Waals surface area contributed by atoms with E-state index in [-0.39, 0.29) is 17.4 Å². The normalized spacial score (nSPS) is 14.1. The number of rotatable bonds is 3. The fourth-order valence-corrected chi connectivity index (χ4v) is 0.744. The van der Waals surface area contributed by atoms with Gasteiger partial charge in [0.15, 0.2) is 0 Å². The Morgan fingerprint density at radius 2 is 2.00 bits per heavy atom. The highest BCUT2D eigenvalue weighted by atomic mass is 16.5. The summed E-state index contributed by atoms with van der Waals surface area (Å²) in [5, 5.41) is 3.24. The second-order valence-electron chi connectivity index (χ2n) is 4.06. The second-order valence-corrected chi connectivity index (χ2v) is 4.06. The quantitative estimate of drug-likeness (QED) is 0.651. The lowest BCUT2D eigenvalue weighted by Gasteiger charge is -2.22. The molecule has 0 aliphatic heterocycles. The van der Waals surface area contributed by atoms with Crippen molar-refractivity contribution in [3.8, 4) is 0 Å². The summed E-state index contributed by atoms with van der Waals surface area (Å²) in [6, 6.07) is 0. The molecule has 0 spiro atoms. The van der Waals surface area contributed by atoms with Gasteiger partial charge in [-0.3, -0.25) is 4.79 Å². The van der Waals surface area contributed by atoms with Gasteiger partial charge in [0.05, 0.1) is 13.0 Å². The summed E-state index contributed by atoms with van der Waals surface area (Å²) in [7, 11) is 1.41. The summed E-state index contributed by atoms with van der Waals surface area (Å²) < 4.78 is 4.60. The molecule has 0 heterocycles. The fourth-order valence-electron chi connectivity index (χ4n) is 0.744. The van der Waals surface area contributed by atoms with E-state index in [9.17, 15) is 4.79 Å². The molecule has 3 nitrogen and oxygen atoms in total. The van der Waals surface area contributed by atoms with Crippen LogP contribution in [-0.4, -0.2) is 25.2 Å². The third kappa shape index (κ3) is 5.13. The van der Waals surface area contributed by atoms with Crippen LogP contribution in [-0.2, 0) is 9.53 Å². The van der Waals surface area contributed by atoms with Crippen LogP contribution in [0.15, 0.2) is 0 Å². The number of methoxy groups -OCH3 is 1. The van der Waals surface area contributed by atoms with Crippen LogP contribution in [0.2, 0.25) is 0 Å². The average molecular weight is 173 g/mol. The largest absolute Gasteiger partial charge is 0.469 e. The molecule has 72 valence electrons. The third-order valence-corrected chi connectivity index (χ3v) is 1.54. The minimum Gasteiger partial charge on any atom is -0.469 e. The molecule has 0 saturated carbocycles. The summed E-state index contributed by atoms with van der Waals surface area (Å²) in [6.07, 6.45) is 0. The Morgan fingerprint density at radius 1 is 1.50 bits per heavy atom. The van der Waals surface area contributed by atoms with Crippen LogP contribution >= 0.6 is 0 Å². The van der Waals surface area contributed by atoms with Crippen molar-refractivity contribution < 1.29 is 9.53 Å². The number of nitrogens with one attached hydrogen (secondary N) is 1. The van der Waals surface area contributed by atoms with Gasteiger partial charge in [0.2, 0.25) is 0 Å². The minimum absolute atomic E-state index is 0.0578. The fraction of sp³-hybridized carbons (Fsp3) is 0.889. The molecule has 0 unspecified atom stereocenters. The third-order valence-electron chi connectivity index (χ3n) is 1.54. The maximum absolute atomic E-state index is 11.0. The van der Waals surface area contributed by atoms with Gasteiger partial charge in [-0.25, -0.2) is 0 Å². The first-order valence-electron chi connectivity index (χ1n) is 4.19. The van der Waals surface area contributed by atoms with Crippen LogP contribution in [0, 0.1) is 5.92 Å². The van der Waals surface area contributed by atoms with Gasteiger partial charge >= 0.3 is 5.97 Å². The molecular formula is C9H19NO2. The minimum atomic E-state index is -0.160. The lowest BCUT2D eigenvalue weighted by atomic mass is 10.1. The highest BCUT2D eigenvalue weighted by Gasteiger charge is 2.16. The van der Waals surface area contributed by atoms with E-state index in [4.69, 9.17) is 0 Å². The van der Waals surface area contributed by atoms with Gasteiger partial charge in [-0.05, 0) is 20.8 Å². The van der Waals surface area contributed by atoms with Gasteiger partial charge in [-0.15, -0.1) is 0 Å². The molecule has 0 aliphatic carbocycles. The van der Waals surface area contributed by atoms with Crippen molar-refractivity contribution in [2.75, 3.05) is 13.7 Å². The van der Waals surface area contributed by atoms with E-state index < -0.39 is 0 Å². The van der Waals surface area contributed by atoms with Crippen LogP contribution in [0.1, 0.15) is 27.7 Å². The molecule has 0 aromatic carbocycles. The van der Waals surface area contributed by atoms with E-state index in [1.165, 1.54) is 7.11 Å². The molecule has 1 N–H and O–H groups in total. The van der Waals surface area contributed by atoms with E-state index >= 15 is 0 Å². The first-order chi connectivity index (χ1) is 5.37. The van der Waals surface area contributed by atoms with Gasteiger partial charge < -0.3 is 10.1 Å². The van der Waals surface area contributed by atoms with Crippen molar-refractivity contribution in [2.24, 2.45) is 5.92 Å². The average Bonchev–Trinajstić information content (AvgIpc) is 1.97. The Bertz CT molecular complexity index is 149. The summed E-state index contributed by atoms with van der Waals surface area (Å²) in [4.78, 5) is 11.0. The molecule has 0 rings (SSSR count). The summed E-state index contributed by atoms with van der Waals surface area (Å²) >= 11 is 0. The van der Waals surface area contributed by atoms with E-state index in [1.807, 2.05) is 6.92 Å². The van der Waals surface area contributed by atoms with Crippen LogP contribution in [0.5, 0.6) is 0 Å². The van der Waals surface area contributed by atoms with Crippen LogP contribution < -0.4 is 5.32 Å². The predicted octanol–water partition coefficient (Wildman–Crippen LogP) is 1.18. The van der Waals surface area contributed by atoms with Crippen molar-refractivity contribution >= 4 is 5.97 Å². The maximum atomic E-state index is 11.0. The van der Waals surface area contributed by atoms with Crippen molar-refractivity contribution in [1.82, 2.24) is 5.32 Å². The number of carbonyl (C=O) groups is 1. The number of hydrogen-bond acceptors (Lipinski definition) is 3. The molecule has 12 heavy (non-hydrogen) atoms. The molecule has 0 aromatic heterocycles. The van der Waals surface area contributed by atoms with Crippen molar-refractivity contribution in [3.63, 3.8) is 0 Å². The molecule has 3 heteroatoms. The Labute approximate surface area is 74.5 Å². The second kappa shape index (κ2) is 4.45. The van der Waals surface area contributed by atoms with Gasteiger partial charge in [-0.2, -0.15) is 0 Å². The first kappa shape index (κ1) is 11.4. The lowest BCUT2D eigenvalue weighted by Crippen LogP contribution is -2.40. The van der Waals surface area contributed by atoms with E-state index in [0.29, 0.717) is 6.54 Å². The summed E-state index contributed by atoms with van der Waals surface area (Å²) in [6.45, 7) is 8.71. The van der Waals surface area contributed by atoms with Crippen LogP contribution in [0.25, 0.3) is 0 Å². The molecular weight excluding hydrogens is 154 g/mol. The number of ether oxygens (including phenoxy) is 1. The highest BCUT2D eigenvalue weighted by molar-refractivity contribution is 5.72. The monoisotopic (exact) mass is 173 g/mol. The molecule has 0 fully saturated rings. The SMILES string of the molecule is COC(=O)[C@@H](C)CNC(C)(C)C. The van der Waals surface area contributed by atoms with Crippen LogP contribution in [0.4, 0.5) is 0 Å². The summed E-state index contributed by atoms with van der Waals surface area (Å²) in [5.74, 6) is -0.235. The Morgan fingerprint density at radius 3 is 2.33 bits per heavy atom. The number of hydrogen-bond donors (Lipinski definition) is 1. The zero-order chi connectivity index (χ0) is 9.78. The molecule has 0 radical (unpaired) electrons. The molecule has 0 bridgehead atoms. The first-order valence-corrected chi connectivity index (χ1v) is 4.19. The summed E-state index contributed by atoms with van der Waals surface area (Å²) in [5.41, 5.74) is 0.0578. The zero-order valence-electron chi connectivity index (χ0n) is 8.60. The Balaban J connectivity index is 3.72. The van der Waals surface area contributed by atoms with Gasteiger partial charge in [0, 0.05) is 12.1 Å².